The summed E-state index contributed by atoms with van der Waals surface area (Å²) in [6, 6.07) is 0.966. The summed E-state index contributed by atoms with van der Waals surface area (Å²) in [5, 5.41) is -0.111. The molecule has 1 heterocycles. The predicted octanol–water partition coefficient (Wildman–Crippen LogP) is 3.96. The van der Waals surface area contributed by atoms with Crippen LogP contribution in [0, 0.1) is 7.14 Å². The van der Waals surface area contributed by atoms with Crippen molar-refractivity contribution in [1.82, 2.24) is 4.98 Å². The van der Waals surface area contributed by atoms with Gasteiger partial charge in [-0.2, -0.15) is 13.2 Å². The van der Waals surface area contributed by atoms with Gasteiger partial charge < -0.3 is 0 Å². The molecule has 0 aliphatic rings. The second-order valence-electron chi connectivity index (χ2n) is 2.09. The highest BCUT2D eigenvalue weighted by Crippen LogP contribution is 2.32. The molecule has 1 aromatic rings. The van der Waals surface area contributed by atoms with E-state index in [-0.39, 0.29) is 5.15 Å². The van der Waals surface area contributed by atoms with Gasteiger partial charge in [0.05, 0.1) is 3.57 Å². The first-order chi connectivity index (χ1) is 5.82. The molecule has 72 valence electrons. The molecule has 0 fully saturated rings. The van der Waals surface area contributed by atoms with Crippen molar-refractivity contribution in [2.24, 2.45) is 0 Å². The molecule has 0 unspecified atom stereocenters. The average molecular weight is 433 g/mol. The van der Waals surface area contributed by atoms with Crippen molar-refractivity contribution >= 4 is 56.8 Å². The number of nitrogens with zero attached hydrogens (tertiary/aromatic N) is 1. The van der Waals surface area contributed by atoms with E-state index >= 15 is 0 Å². The predicted molar refractivity (Wildman–Crippen MR) is 59.7 cm³/mol. The summed E-state index contributed by atoms with van der Waals surface area (Å²) in [6.45, 7) is 0. The fourth-order valence-corrected chi connectivity index (χ4v) is 1.79. The molecule has 1 nitrogen and oxygen atoms in total. The first-order valence-corrected chi connectivity index (χ1v) is 5.44. The third-order valence-corrected chi connectivity index (χ3v) is 4.73. The minimum Gasteiger partial charge on any atom is -0.230 e. The van der Waals surface area contributed by atoms with Crippen LogP contribution in [0.2, 0.25) is 5.15 Å². The molecular formula is C6HClF3I2N. The second kappa shape index (κ2) is 4.05. The zero-order valence-corrected chi connectivity index (χ0v) is 10.9. The molecule has 1 aromatic heterocycles. The van der Waals surface area contributed by atoms with E-state index in [1.165, 1.54) is 0 Å². The van der Waals surface area contributed by atoms with Gasteiger partial charge in [0.15, 0.2) is 0 Å². The number of halogens is 6. The van der Waals surface area contributed by atoms with Crippen molar-refractivity contribution < 1.29 is 13.2 Å². The normalized spacial score (nSPS) is 11.8. The van der Waals surface area contributed by atoms with Crippen LogP contribution in [0.4, 0.5) is 13.2 Å². The lowest BCUT2D eigenvalue weighted by Gasteiger charge is -2.07. The topological polar surface area (TPSA) is 12.9 Å². The summed E-state index contributed by atoms with van der Waals surface area (Å²) in [5.74, 6) is 0. The number of aromatic nitrogens is 1. The van der Waals surface area contributed by atoms with Gasteiger partial charge in [-0.3, -0.25) is 0 Å². The molecule has 0 radical (unpaired) electrons. The molecule has 1 rings (SSSR count). The Kier molecular flexibility index (Phi) is 3.67. The molecule has 0 bridgehead atoms. The standard InChI is InChI=1S/C6HClF3I2N/c7-5-4(12)2(11)1-3(13-5)6(8,9)10/h1H. The molecule has 0 atom stereocenters. The van der Waals surface area contributed by atoms with Gasteiger partial charge in [-0.25, -0.2) is 4.98 Å². The highest BCUT2D eigenvalue weighted by Gasteiger charge is 2.33. The van der Waals surface area contributed by atoms with E-state index in [4.69, 9.17) is 11.6 Å². The fourth-order valence-electron chi connectivity index (χ4n) is 0.614. The summed E-state index contributed by atoms with van der Waals surface area (Å²) in [6.07, 6.45) is -4.44. The van der Waals surface area contributed by atoms with Crippen LogP contribution >= 0.6 is 56.8 Å². The second-order valence-corrected chi connectivity index (χ2v) is 4.69. The Morgan fingerprint density at radius 2 is 1.85 bits per heavy atom. The van der Waals surface area contributed by atoms with Crippen LogP contribution in [-0.2, 0) is 6.18 Å². The number of alkyl halides is 3. The van der Waals surface area contributed by atoms with Crippen molar-refractivity contribution in [3.05, 3.63) is 24.1 Å². The zero-order valence-electron chi connectivity index (χ0n) is 5.79. The van der Waals surface area contributed by atoms with Gasteiger partial charge in [0.1, 0.15) is 10.8 Å². The first kappa shape index (κ1) is 11.8. The molecule has 0 saturated heterocycles. The van der Waals surface area contributed by atoms with Gasteiger partial charge in [-0.1, -0.05) is 11.6 Å². The maximum absolute atomic E-state index is 12.2. The average Bonchev–Trinajstić information content (AvgIpc) is 1.97. The van der Waals surface area contributed by atoms with Gasteiger partial charge in [-0.05, 0) is 51.2 Å². The third kappa shape index (κ3) is 2.82. The highest BCUT2D eigenvalue weighted by atomic mass is 127. The SMILES string of the molecule is FC(F)(F)c1cc(I)c(I)c(Cl)n1. The van der Waals surface area contributed by atoms with Crippen LogP contribution in [0.5, 0.6) is 0 Å². The summed E-state index contributed by atoms with van der Waals surface area (Å²) < 4.78 is 37.4. The number of hydrogen-bond donors (Lipinski definition) is 0. The van der Waals surface area contributed by atoms with Crippen LogP contribution in [0.25, 0.3) is 0 Å². The maximum Gasteiger partial charge on any atom is 0.433 e. The highest BCUT2D eigenvalue weighted by molar-refractivity contribution is 14.1. The molecule has 0 aliphatic carbocycles. The van der Waals surface area contributed by atoms with Crippen molar-refractivity contribution in [2.75, 3.05) is 0 Å². The third-order valence-electron chi connectivity index (χ3n) is 1.16. The summed E-state index contributed by atoms with van der Waals surface area (Å²) in [4.78, 5) is 3.23. The molecule has 0 aliphatic heterocycles. The summed E-state index contributed by atoms with van der Waals surface area (Å²) >= 11 is 9.13. The van der Waals surface area contributed by atoms with Crippen molar-refractivity contribution in [1.29, 1.82) is 0 Å². The molecule has 13 heavy (non-hydrogen) atoms. The van der Waals surface area contributed by atoms with E-state index in [0.717, 1.165) is 6.07 Å². The molecule has 0 amide bonds. The van der Waals surface area contributed by atoms with Gasteiger partial charge in [0, 0.05) is 3.57 Å². The van der Waals surface area contributed by atoms with E-state index in [1.807, 2.05) is 22.6 Å². The molecule has 0 aromatic carbocycles. The molecule has 0 saturated carbocycles. The largest absolute Gasteiger partial charge is 0.433 e. The maximum atomic E-state index is 12.2. The van der Waals surface area contributed by atoms with Crippen LogP contribution in [0.1, 0.15) is 5.69 Å². The van der Waals surface area contributed by atoms with E-state index < -0.39 is 11.9 Å². The quantitative estimate of drug-likeness (QED) is 0.446. The lowest BCUT2D eigenvalue weighted by molar-refractivity contribution is -0.141. The Hall–Kier alpha value is 0.690. The minimum absolute atomic E-state index is 0.111. The Morgan fingerprint density at radius 1 is 1.31 bits per heavy atom. The summed E-state index contributed by atoms with van der Waals surface area (Å²) in [7, 11) is 0. The zero-order chi connectivity index (χ0) is 10.2. The number of hydrogen-bond acceptors (Lipinski definition) is 1. The van der Waals surface area contributed by atoms with Gasteiger partial charge in [0.25, 0.3) is 0 Å². The van der Waals surface area contributed by atoms with E-state index in [1.54, 1.807) is 22.6 Å². The molecular weight excluding hydrogens is 432 g/mol. The number of rotatable bonds is 0. The lowest BCUT2D eigenvalue weighted by atomic mass is 10.3. The van der Waals surface area contributed by atoms with Crippen LogP contribution < -0.4 is 0 Å². The lowest BCUT2D eigenvalue weighted by Crippen LogP contribution is -2.09. The minimum atomic E-state index is -4.44. The Balaban J connectivity index is 3.29. The molecule has 0 N–H and O–H groups in total. The van der Waals surface area contributed by atoms with E-state index in [2.05, 4.69) is 4.98 Å². The fraction of sp³-hybridized carbons (Fsp3) is 0.167. The molecule has 0 spiro atoms. The van der Waals surface area contributed by atoms with Crippen molar-refractivity contribution in [3.63, 3.8) is 0 Å². The van der Waals surface area contributed by atoms with Crippen LogP contribution in [-0.4, -0.2) is 4.98 Å². The Labute approximate surface area is 104 Å². The van der Waals surface area contributed by atoms with Crippen LogP contribution in [0.15, 0.2) is 6.07 Å². The van der Waals surface area contributed by atoms with Crippen molar-refractivity contribution in [2.45, 2.75) is 6.18 Å². The van der Waals surface area contributed by atoms with E-state index in [0.29, 0.717) is 7.14 Å². The Morgan fingerprint density at radius 3 is 2.23 bits per heavy atom. The summed E-state index contributed by atoms with van der Waals surface area (Å²) in [5.41, 5.74) is -0.956. The van der Waals surface area contributed by atoms with Gasteiger partial charge >= 0.3 is 6.18 Å². The van der Waals surface area contributed by atoms with Crippen LogP contribution in [0.3, 0.4) is 0 Å². The number of pyridine rings is 1. The Bertz CT molecular complexity index is 316. The monoisotopic (exact) mass is 433 g/mol. The first-order valence-electron chi connectivity index (χ1n) is 2.91. The van der Waals surface area contributed by atoms with Crippen molar-refractivity contribution in [3.8, 4) is 0 Å². The van der Waals surface area contributed by atoms with Gasteiger partial charge in [0.2, 0.25) is 0 Å². The van der Waals surface area contributed by atoms with Gasteiger partial charge in [-0.15, -0.1) is 0 Å². The smallest absolute Gasteiger partial charge is 0.230 e. The molecule has 7 heteroatoms. The van der Waals surface area contributed by atoms with E-state index in [9.17, 15) is 13.2 Å².